The summed E-state index contributed by atoms with van der Waals surface area (Å²) in [6.07, 6.45) is 1.59. The number of nitrogens with zero attached hydrogens (tertiary/aromatic N) is 1. The molecule has 3 aromatic carbocycles. The summed E-state index contributed by atoms with van der Waals surface area (Å²) in [7, 11) is 0. The van der Waals surface area contributed by atoms with E-state index in [0.29, 0.717) is 17.9 Å². The summed E-state index contributed by atoms with van der Waals surface area (Å²) in [4.78, 5) is 12.1. The second-order valence-corrected chi connectivity index (χ2v) is 6.77. The molecule has 0 aliphatic carbocycles. The number of carbonyl (C=O) groups excluding carboxylic acids is 1. The Morgan fingerprint density at radius 2 is 1.77 bits per heavy atom. The Morgan fingerprint density at radius 3 is 2.58 bits per heavy atom. The highest BCUT2D eigenvalue weighted by molar-refractivity contribution is 14.1. The molecular weight excluding hydrogens is 439 g/mol. The number of rotatable bonds is 6. The molecule has 5 heteroatoms. The smallest absolute Gasteiger partial charge is 0.271 e. The summed E-state index contributed by atoms with van der Waals surface area (Å²) in [5.74, 6) is 0.464. The van der Waals surface area contributed by atoms with E-state index < -0.39 is 0 Å². The van der Waals surface area contributed by atoms with Gasteiger partial charge >= 0.3 is 0 Å². The summed E-state index contributed by atoms with van der Waals surface area (Å²) in [6, 6.07) is 24.9. The molecule has 0 radical (unpaired) electrons. The third kappa shape index (κ3) is 5.16. The standard InChI is InChI=1S/C21H17IN2O2/c22-19-11-6-10-17(13-19)21(25)24-23-14-18-9-4-5-12-20(18)26-15-16-7-2-1-3-8-16/h1-14H,15H2,(H,24,25)/b23-14-. The van der Waals surface area contributed by atoms with Crippen LogP contribution in [-0.2, 0) is 6.61 Å². The van der Waals surface area contributed by atoms with Crippen molar-refractivity contribution in [2.24, 2.45) is 5.10 Å². The number of ether oxygens (including phenoxy) is 1. The number of carbonyl (C=O) groups is 1. The van der Waals surface area contributed by atoms with Crippen LogP contribution >= 0.6 is 22.6 Å². The molecule has 3 rings (SSSR count). The van der Waals surface area contributed by atoms with E-state index >= 15 is 0 Å². The average Bonchev–Trinajstić information content (AvgIpc) is 2.68. The Kier molecular flexibility index (Phi) is 6.38. The molecule has 0 aliphatic rings. The van der Waals surface area contributed by atoms with Crippen molar-refractivity contribution in [2.45, 2.75) is 6.61 Å². The number of halogens is 1. The third-order valence-electron chi connectivity index (χ3n) is 3.61. The van der Waals surface area contributed by atoms with Gasteiger partial charge in [-0.2, -0.15) is 5.10 Å². The zero-order chi connectivity index (χ0) is 18.2. The zero-order valence-electron chi connectivity index (χ0n) is 13.9. The van der Waals surface area contributed by atoms with Gasteiger partial charge in [0.05, 0.1) is 6.21 Å². The molecule has 0 spiro atoms. The molecule has 1 amide bonds. The minimum atomic E-state index is -0.248. The maximum Gasteiger partial charge on any atom is 0.271 e. The Morgan fingerprint density at radius 1 is 1.00 bits per heavy atom. The molecular formula is C21H17IN2O2. The number of hydrogen-bond acceptors (Lipinski definition) is 3. The van der Waals surface area contributed by atoms with Crippen LogP contribution in [0.25, 0.3) is 0 Å². The van der Waals surface area contributed by atoms with E-state index in [-0.39, 0.29) is 5.91 Å². The number of hydrogen-bond donors (Lipinski definition) is 1. The molecule has 4 nitrogen and oxygen atoms in total. The first-order valence-corrected chi connectivity index (χ1v) is 9.15. The van der Waals surface area contributed by atoms with Crippen LogP contribution in [0.4, 0.5) is 0 Å². The molecule has 0 bridgehead atoms. The molecule has 0 aliphatic heterocycles. The maximum atomic E-state index is 12.1. The van der Waals surface area contributed by atoms with Gasteiger partial charge in [0.15, 0.2) is 0 Å². The number of nitrogens with one attached hydrogen (secondary N) is 1. The van der Waals surface area contributed by atoms with E-state index in [9.17, 15) is 4.79 Å². The second-order valence-electron chi connectivity index (χ2n) is 5.52. The van der Waals surface area contributed by atoms with E-state index in [1.807, 2.05) is 72.8 Å². The molecule has 130 valence electrons. The number of para-hydroxylation sites is 1. The van der Waals surface area contributed by atoms with E-state index in [1.54, 1.807) is 12.3 Å². The highest BCUT2D eigenvalue weighted by Crippen LogP contribution is 2.17. The SMILES string of the molecule is O=C(N/N=C\c1ccccc1OCc1ccccc1)c1cccc(I)c1. The third-order valence-corrected chi connectivity index (χ3v) is 4.28. The predicted octanol–water partition coefficient (Wildman–Crippen LogP) is 4.63. The first kappa shape index (κ1) is 18.1. The van der Waals surface area contributed by atoms with E-state index in [2.05, 4.69) is 33.1 Å². The van der Waals surface area contributed by atoms with Crippen LogP contribution in [0, 0.1) is 3.57 Å². The molecule has 0 heterocycles. The number of amides is 1. The Bertz CT molecular complexity index is 911. The molecule has 26 heavy (non-hydrogen) atoms. The van der Waals surface area contributed by atoms with Gasteiger partial charge in [0.1, 0.15) is 12.4 Å². The van der Waals surface area contributed by atoms with Crippen LogP contribution in [0.2, 0.25) is 0 Å². The quantitative estimate of drug-likeness (QED) is 0.334. The van der Waals surface area contributed by atoms with Crippen molar-refractivity contribution < 1.29 is 9.53 Å². The van der Waals surface area contributed by atoms with Gasteiger partial charge in [-0.1, -0.05) is 48.5 Å². The van der Waals surface area contributed by atoms with Crippen molar-refractivity contribution in [3.05, 3.63) is 99.1 Å². The van der Waals surface area contributed by atoms with Crippen LogP contribution in [0.3, 0.4) is 0 Å². The van der Waals surface area contributed by atoms with Gasteiger partial charge in [0.25, 0.3) is 5.91 Å². The molecule has 0 fully saturated rings. The summed E-state index contributed by atoms with van der Waals surface area (Å²) < 4.78 is 6.88. The predicted molar refractivity (Wildman–Crippen MR) is 111 cm³/mol. The van der Waals surface area contributed by atoms with Crippen molar-refractivity contribution in [3.63, 3.8) is 0 Å². The fourth-order valence-electron chi connectivity index (χ4n) is 2.31. The summed E-state index contributed by atoms with van der Waals surface area (Å²) in [5, 5.41) is 4.06. The molecule has 0 saturated carbocycles. The van der Waals surface area contributed by atoms with E-state index in [1.165, 1.54) is 0 Å². The molecule has 1 N–H and O–H groups in total. The van der Waals surface area contributed by atoms with Gasteiger partial charge in [-0.3, -0.25) is 4.79 Å². The van der Waals surface area contributed by atoms with Crippen molar-refractivity contribution in [1.29, 1.82) is 0 Å². The van der Waals surface area contributed by atoms with Gasteiger partial charge < -0.3 is 4.74 Å². The molecule has 0 saturated heterocycles. The van der Waals surface area contributed by atoms with Crippen LogP contribution < -0.4 is 10.2 Å². The lowest BCUT2D eigenvalue weighted by atomic mass is 10.2. The first-order valence-electron chi connectivity index (χ1n) is 8.07. The average molecular weight is 456 g/mol. The summed E-state index contributed by atoms with van der Waals surface area (Å²) >= 11 is 2.17. The lowest BCUT2D eigenvalue weighted by Crippen LogP contribution is -2.17. The molecule has 0 atom stereocenters. The van der Waals surface area contributed by atoms with Gasteiger partial charge in [0, 0.05) is 14.7 Å². The van der Waals surface area contributed by atoms with Crippen LogP contribution in [0.15, 0.2) is 84.0 Å². The van der Waals surface area contributed by atoms with Gasteiger partial charge in [-0.05, 0) is 58.5 Å². The minimum Gasteiger partial charge on any atom is -0.488 e. The monoisotopic (exact) mass is 456 g/mol. The highest BCUT2D eigenvalue weighted by atomic mass is 127. The zero-order valence-corrected chi connectivity index (χ0v) is 16.1. The fourth-order valence-corrected chi connectivity index (χ4v) is 2.85. The lowest BCUT2D eigenvalue weighted by Gasteiger charge is -2.09. The van der Waals surface area contributed by atoms with Crippen molar-refractivity contribution in [1.82, 2.24) is 5.43 Å². The Hall–Kier alpha value is -2.67. The van der Waals surface area contributed by atoms with E-state index in [0.717, 1.165) is 14.7 Å². The van der Waals surface area contributed by atoms with Crippen molar-refractivity contribution >= 4 is 34.7 Å². The second kappa shape index (κ2) is 9.15. The maximum absolute atomic E-state index is 12.1. The number of hydrazone groups is 1. The first-order chi connectivity index (χ1) is 12.7. The van der Waals surface area contributed by atoms with Gasteiger partial charge in [0.2, 0.25) is 0 Å². The van der Waals surface area contributed by atoms with Crippen molar-refractivity contribution in [2.75, 3.05) is 0 Å². The van der Waals surface area contributed by atoms with Gasteiger partial charge in [-0.25, -0.2) is 5.43 Å². The largest absolute Gasteiger partial charge is 0.488 e. The van der Waals surface area contributed by atoms with Crippen molar-refractivity contribution in [3.8, 4) is 5.75 Å². The number of benzene rings is 3. The van der Waals surface area contributed by atoms with Crippen LogP contribution in [0.1, 0.15) is 21.5 Å². The molecule has 0 unspecified atom stereocenters. The topological polar surface area (TPSA) is 50.7 Å². The Balaban J connectivity index is 1.64. The molecule has 3 aromatic rings. The minimum absolute atomic E-state index is 0.248. The summed E-state index contributed by atoms with van der Waals surface area (Å²) in [5.41, 5.74) is 5.01. The van der Waals surface area contributed by atoms with Crippen LogP contribution in [-0.4, -0.2) is 12.1 Å². The normalized spacial score (nSPS) is 10.7. The highest BCUT2D eigenvalue weighted by Gasteiger charge is 2.05. The Labute approximate surface area is 166 Å². The summed E-state index contributed by atoms with van der Waals surface area (Å²) in [6.45, 7) is 0.473. The van der Waals surface area contributed by atoms with Crippen LogP contribution in [0.5, 0.6) is 5.75 Å². The lowest BCUT2D eigenvalue weighted by molar-refractivity contribution is 0.0955. The fraction of sp³-hybridized carbons (Fsp3) is 0.0476. The van der Waals surface area contributed by atoms with E-state index in [4.69, 9.17) is 4.74 Å². The van der Waals surface area contributed by atoms with Gasteiger partial charge in [-0.15, -0.1) is 0 Å². The molecule has 0 aromatic heterocycles.